The SMILES string of the molecule is Cc1nccc(CN(CC(=O)O)CC(F)(F)F)n1. The second-order valence-corrected chi connectivity index (χ2v) is 3.75. The summed E-state index contributed by atoms with van der Waals surface area (Å²) in [7, 11) is 0. The number of aromatic nitrogens is 2. The van der Waals surface area contributed by atoms with Crippen molar-refractivity contribution >= 4 is 5.97 Å². The molecule has 1 aromatic heterocycles. The molecule has 1 rings (SSSR count). The summed E-state index contributed by atoms with van der Waals surface area (Å²) in [5.74, 6) is -0.889. The number of nitrogens with zero attached hydrogens (tertiary/aromatic N) is 3. The van der Waals surface area contributed by atoms with E-state index >= 15 is 0 Å². The van der Waals surface area contributed by atoms with Crippen LogP contribution in [0.25, 0.3) is 0 Å². The third-order valence-corrected chi connectivity index (χ3v) is 1.98. The van der Waals surface area contributed by atoms with Crippen molar-refractivity contribution in [1.29, 1.82) is 0 Å². The Morgan fingerprint density at radius 3 is 2.67 bits per heavy atom. The molecule has 0 atom stereocenters. The third kappa shape index (κ3) is 5.58. The molecule has 0 saturated carbocycles. The first kappa shape index (κ1) is 14.4. The zero-order valence-corrected chi connectivity index (χ0v) is 9.61. The number of carboxylic acids is 1. The van der Waals surface area contributed by atoms with E-state index < -0.39 is 25.2 Å². The minimum Gasteiger partial charge on any atom is -0.480 e. The lowest BCUT2D eigenvalue weighted by Crippen LogP contribution is -2.37. The normalized spacial score (nSPS) is 11.8. The standard InChI is InChI=1S/C10H12F3N3O2/c1-7-14-3-2-8(15-7)4-16(5-9(17)18)6-10(11,12)13/h2-3H,4-6H2,1H3,(H,17,18). The monoisotopic (exact) mass is 263 g/mol. The molecule has 100 valence electrons. The molecule has 1 heterocycles. The van der Waals surface area contributed by atoms with Crippen LogP contribution in [0.4, 0.5) is 13.2 Å². The quantitative estimate of drug-likeness (QED) is 0.865. The van der Waals surface area contributed by atoms with Gasteiger partial charge in [-0.2, -0.15) is 13.2 Å². The highest BCUT2D eigenvalue weighted by atomic mass is 19.4. The van der Waals surface area contributed by atoms with Crippen LogP contribution in [0, 0.1) is 6.92 Å². The Labute approximate surface area is 101 Å². The average molecular weight is 263 g/mol. The molecule has 0 bridgehead atoms. The van der Waals surface area contributed by atoms with E-state index in [9.17, 15) is 18.0 Å². The molecule has 0 radical (unpaired) electrons. The minimum atomic E-state index is -4.45. The van der Waals surface area contributed by atoms with Gasteiger partial charge >= 0.3 is 12.1 Å². The zero-order chi connectivity index (χ0) is 13.8. The fraction of sp³-hybridized carbons (Fsp3) is 0.500. The van der Waals surface area contributed by atoms with E-state index in [1.54, 1.807) is 6.92 Å². The van der Waals surface area contributed by atoms with Crippen molar-refractivity contribution < 1.29 is 23.1 Å². The summed E-state index contributed by atoms with van der Waals surface area (Å²) in [6, 6.07) is 1.46. The van der Waals surface area contributed by atoms with Gasteiger partial charge in [-0.25, -0.2) is 9.97 Å². The van der Waals surface area contributed by atoms with Crippen molar-refractivity contribution in [2.75, 3.05) is 13.1 Å². The van der Waals surface area contributed by atoms with E-state index in [1.165, 1.54) is 12.3 Å². The van der Waals surface area contributed by atoms with Gasteiger partial charge in [0, 0.05) is 12.7 Å². The summed E-state index contributed by atoms with van der Waals surface area (Å²) < 4.78 is 36.8. The highest BCUT2D eigenvalue weighted by Crippen LogP contribution is 2.17. The second-order valence-electron chi connectivity index (χ2n) is 3.75. The van der Waals surface area contributed by atoms with E-state index in [4.69, 9.17) is 5.11 Å². The predicted octanol–water partition coefficient (Wildman–Crippen LogP) is 1.23. The van der Waals surface area contributed by atoms with E-state index in [2.05, 4.69) is 9.97 Å². The molecule has 0 spiro atoms. The van der Waals surface area contributed by atoms with Crippen LogP contribution in [0.5, 0.6) is 0 Å². The molecule has 0 aliphatic rings. The fourth-order valence-electron chi connectivity index (χ4n) is 1.43. The van der Waals surface area contributed by atoms with E-state index in [0.29, 0.717) is 11.5 Å². The van der Waals surface area contributed by atoms with E-state index in [1.807, 2.05) is 0 Å². The van der Waals surface area contributed by atoms with Crippen LogP contribution < -0.4 is 0 Å². The minimum absolute atomic E-state index is 0.185. The van der Waals surface area contributed by atoms with Gasteiger partial charge in [0.2, 0.25) is 0 Å². The van der Waals surface area contributed by atoms with Crippen molar-refractivity contribution in [3.05, 3.63) is 23.8 Å². The van der Waals surface area contributed by atoms with Crippen molar-refractivity contribution in [3.8, 4) is 0 Å². The van der Waals surface area contributed by atoms with Gasteiger partial charge in [-0.05, 0) is 13.0 Å². The van der Waals surface area contributed by atoms with Gasteiger partial charge in [-0.1, -0.05) is 0 Å². The summed E-state index contributed by atoms with van der Waals surface area (Å²) in [5, 5.41) is 8.57. The van der Waals surface area contributed by atoms with Crippen LogP contribution in [-0.4, -0.2) is 45.2 Å². The molecule has 0 saturated heterocycles. The zero-order valence-electron chi connectivity index (χ0n) is 9.61. The maximum atomic E-state index is 12.3. The largest absolute Gasteiger partial charge is 0.480 e. The Morgan fingerprint density at radius 1 is 1.50 bits per heavy atom. The number of carbonyl (C=O) groups is 1. The van der Waals surface area contributed by atoms with Gasteiger partial charge in [0.05, 0.1) is 18.8 Å². The highest BCUT2D eigenvalue weighted by Gasteiger charge is 2.31. The Hall–Kier alpha value is -1.70. The molecule has 5 nitrogen and oxygen atoms in total. The summed E-state index contributed by atoms with van der Waals surface area (Å²) in [6.45, 7) is -0.561. The van der Waals surface area contributed by atoms with Crippen LogP contribution in [0.1, 0.15) is 11.5 Å². The van der Waals surface area contributed by atoms with Crippen LogP contribution in [-0.2, 0) is 11.3 Å². The van der Waals surface area contributed by atoms with Crippen molar-refractivity contribution in [1.82, 2.24) is 14.9 Å². The summed E-state index contributed by atoms with van der Waals surface area (Å²) in [6.07, 6.45) is -3.03. The summed E-state index contributed by atoms with van der Waals surface area (Å²) in [5.41, 5.74) is 0.355. The lowest BCUT2D eigenvalue weighted by atomic mass is 10.3. The highest BCUT2D eigenvalue weighted by molar-refractivity contribution is 5.69. The van der Waals surface area contributed by atoms with Crippen LogP contribution in [0.15, 0.2) is 12.3 Å². The third-order valence-electron chi connectivity index (χ3n) is 1.98. The molecule has 18 heavy (non-hydrogen) atoms. The Bertz CT molecular complexity index is 423. The molecular weight excluding hydrogens is 251 g/mol. The van der Waals surface area contributed by atoms with Crippen LogP contribution in [0.2, 0.25) is 0 Å². The van der Waals surface area contributed by atoms with Gasteiger partial charge in [0.1, 0.15) is 5.82 Å². The summed E-state index contributed by atoms with van der Waals surface area (Å²) in [4.78, 5) is 19.0. The first-order chi connectivity index (χ1) is 8.26. The number of hydrogen-bond donors (Lipinski definition) is 1. The molecular formula is C10H12F3N3O2. The summed E-state index contributed by atoms with van der Waals surface area (Å²) >= 11 is 0. The number of aliphatic carboxylic acids is 1. The van der Waals surface area contributed by atoms with Crippen LogP contribution >= 0.6 is 0 Å². The Morgan fingerprint density at radius 2 is 2.17 bits per heavy atom. The lowest BCUT2D eigenvalue weighted by molar-refractivity contribution is -0.155. The first-order valence-corrected chi connectivity index (χ1v) is 5.06. The average Bonchev–Trinajstić information content (AvgIpc) is 2.12. The molecule has 0 aromatic carbocycles. The Kier molecular flexibility index (Phi) is 4.60. The lowest BCUT2D eigenvalue weighted by Gasteiger charge is -2.21. The number of halogens is 3. The molecule has 0 aliphatic heterocycles. The van der Waals surface area contributed by atoms with Gasteiger partial charge in [0.25, 0.3) is 0 Å². The number of aryl methyl sites for hydroxylation is 1. The van der Waals surface area contributed by atoms with E-state index in [-0.39, 0.29) is 6.54 Å². The number of carboxylic acid groups (broad SMARTS) is 1. The van der Waals surface area contributed by atoms with Gasteiger partial charge in [-0.15, -0.1) is 0 Å². The van der Waals surface area contributed by atoms with Gasteiger partial charge < -0.3 is 5.11 Å². The molecule has 1 N–H and O–H groups in total. The maximum absolute atomic E-state index is 12.3. The fourth-order valence-corrected chi connectivity index (χ4v) is 1.43. The van der Waals surface area contributed by atoms with Crippen LogP contribution in [0.3, 0.4) is 0 Å². The molecule has 0 fully saturated rings. The molecule has 0 unspecified atom stereocenters. The molecule has 0 aliphatic carbocycles. The van der Waals surface area contributed by atoms with Gasteiger partial charge in [-0.3, -0.25) is 9.69 Å². The van der Waals surface area contributed by atoms with E-state index in [0.717, 1.165) is 4.90 Å². The van der Waals surface area contributed by atoms with Gasteiger partial charge in [0.15, 0.2) is 0 Å². The number of alkyl halides is 3. The number of hydrogen-bond acceptors (Lipinski definition) is 4. The topological polar surface area (TPSA) is 66.3 Å². The molecule has 1 aromatic rings. The smallest absolute Gasteiger partial charge is 0.401 e. The number of rotatable bonds is 5. The van der Waals surface area contributed by atoms with Crippen molar-refractivity contribution in [2.24, 2.45) is 0 Å². The molecule has 0 amide bonds. The first-order valence-electron chi connectivity index (χ1n) is 5.06. The molecule has 8 heteroatoms. The van der Waals surface area contributed by atoms with Crippen molar-refractivity contribution in [2.45, 2.75) is 19.6 Å². The Balaban J connectivity index is 2.74. The van der Waals surface area contributed by atoms with Crippen molar-refractivity contribution in [3.63, 3.8) is 0 Å². The second kappa shape index (κ2) is 5.76. The predicted molar refractivity (Wildman–Crippen MR) is 55.7 cm³/mol. The maximum Gasteiger partial charge on any atom is 0.401 e.